The predicted octanol–water partition coefficient (Wildman–Crippen LogP) is 2.94. The van der Waals surface area contributed by atoms with Crippen LogP contribution in [-0.2, 0) is 6.54 Å². The second-order valence-electron chi connectivity index (χ2n) is 7.74. The molecule has 1 aromatic carbocycles. The van der Waals surface area contributed by atoms with Crippen molar-refractivity contribution in [3.05, 3.63) is 47.3 Å². The molecule has 2 aromatic rings. The van der Waals surface area contributed by atoms with E-state index in [9.17, 15) is 9.50 Å². The van der Waals surface area contributed by atoms with E-state index >= 15 is 0 Å². The monoisotopic (exact) mass is 342 g/mol. The lowest BCUT2D eigenvalue weighted by Gasteiger charge is -2.24. The normalized spacial score (nSPS) is 27.1. The van der Waals surface area contributed by atoms with Crippen LogP contribution in [0.4, 0.5) is 4.39 Å². The topological polar surface area (TPSA) is 54.2 Å². The molecule has 2 saturated carbocycles. The maximum absolute atomic E-state index is 13.6. The largest absolute Gasteiger partial charge is 0.392 e. The molecule has 2 heterocycles. The average molecular weight is 342 g/mol. The quantitative estimate of drug-likeness (QED) is 0.908. The van der Waals surface area contributed by atoms with Crippen molar-refractivity contribution in [1.29, 1.82) is 0 Å². The van der Waals surface area contributed by atoms with Crippen LogP contribution in [0.15, 0.2) is 24.3 Å². The number of aliphatic hydroxyl groups is 1. The van der Waals surface area contributed by atoms with Gasteiger partial charge in [0.15, 0.2) is 0 Å². The summed E-state index contributed by atoms with van der Waals surface area (Å²) in [5, 5.41) is 19.2. The van der Waals surface area contributed by atoms with Gasteiger partial charge >= 0.3 is 0 Å². The van der Waals surface area contributed by atoms with Crippen molar-refractivity contribution in [2.45, 2.75) is 62.8 Å². The maximum atomic E-state index is 13.6. The van der Waals surface area contributed by atoms with Gasteiger partial charge in [0, 0.05) is 24.5 Å². The van der Waals surface area contributed by atoms with Gasteiger partial charge in [-0.05, 0) is 49.8 Å². The van der Waals surface area contributed by atoms with Crippen LogP contribution < -0.4 is 0 Å². The van der Waals surface area contributed by atoms with E-state index in [1.807, 2.05) is 6.07 Å². The number of likely N-dealkylation sites (tertiary alicyclic amines) is 1. The summed E-state index contributed by atoms with van der Waals surface area (Å²) in [4.78, 5) is 2.22. The van der Waals surface area contributed by atoms with Crippen molar-refractivity contribution in [3.8, 4) is 0 Å². The number of halogens is 1. The molecule has 0 unspecified atom stereocenters. The van der Waals surface area contributed by atoms with Crippen LogP contribution in [0.1, 0.15) is 67.3 Å². The van der Waals surface area contributed by atoms with Crippen molar-refractivity contribution in [2.75, 3.05) is 6.54 Å². The fourth-order valence-corrected chi connectivity index (χ4v) is 4.09. The Balaban J connectivity index is 1.42. The van der Waals surface area contributed by atoms with E-state index in [0.717, 1.165) is 17.2 Å². The summed E-state index contributed by atoms with van der Waals surface area (Å²) < 4.78 is 16.0. The number of benzene rings is 1. The molecule has 5 nitrogen and oxygen atoms in total. The molecule has 0 bridgehead atoms. The molecular weight excluding hydrogens is 319 g/mol. The minimum Gasteiger partial charge on any atom is -0.392 e. The van der Waals surface area contributed by atoms with Crippen LogP contribution in [0.5, 0.6) is 0 Å². The Morgan fingerprint density at radius 2 is 2.00 bits per heavy atom. The van der Waals surface area contributed by atoms with Crippen molar-refractivity contribution in [1.82, 2.24) is 19.7 Å². The molecule has 3 aliphatic rings. The molecule has 132 valence electrons. The van der Waals surface area contributed by atoms with Gasteiger partial charge in [-0.1, -0.05) is 12.1 Å². The minimum absolute atomic E-state index is 0.0272. The van der Waals surface area contributed by atoms with Crippen molar-refractivity contribution in [2.24, 2.45) is 0 Å². The molecule has 5 rings (SSSR count). The molecule has 1 aromatic heterocycles. The molecule has 3 fully saturated rings. The highest BCUT2D eigenvalue weighted by molar-refractivity contribution is 5.22. The molecule has 25 heavy (non-hydrogen) atoms. The summed E-state index contributed by atoms with van der Waals surface area (Å²) in [6.07, 6.45) is 5.12. The molecule has 1 saturated heterocycles. The smallest absolute Gasteiger partial charge is 0.147 e. The van der Waals surface area contributed by atoms with E-state index in [-0.39, 0.29) is 18.0 Å². The Morgan fingerprint density at radius 1 is 1.16 bits per heavy atom. The lowest BCUT2D eigenvalue weighted by molar-refractivity contribution is 0.170. The summed E-state index contributed by atoms with van der Waals surface area (Å²) in [6, 6.07) is 7.31. The van der Waals surface area contributed by atoms with Crippen molar-refractivity contribution >= 4 is 0 Å². The van der Waals surface area contributed by atoms with Crippen LogP contribution in [0.3, 0.4) is 0 Å². The first kappa shape index (κ1) is 15.5. The van der Waals surface area contributed by atoms with Gasteiger partial charge in [-0.3, -0.25) is 4.90 Å². The highest BCUT2D eigenvalue weighted by Gasteiger charge is 2.38. The third-order valence-corrected chi connectivity index (χ3v) is 5.61. The van der Waals surface area contributed by atoms with Gasteiger partial charge in [0.2, 0.25) is 0 Å². The molecular formula is C19H23FN4O. The number of aliphatic hydroxyl groups excluding tert-OH is 1. The zero-order valence-electron chi connectivity index (χ0n) is 14.2. The molecule has 1 N–H and O–H groups in total. The van der Waals surface area contributed by atoms with Gasteiger partial charge in [-0.2, -0.15) is 0 Å². The first-order valence-electron chi connectivity index (χ1n) is 9.30. The van der Waals surface area contributed by atoms with E-state index in [4.69, 9.17) is 0 Å². The Bertz CT molecular complexity index is 783. The lowest BCUT2D eigenvalue weighted by atomic mass is 10.0. The second kappa shape index (κ2) is 5.88. The highest BCUT2D eigenvalue weighted by Crippen LogP contribution is 2.45. The van der Waals surface area contributed by atoms with Gasteiger partial charge in [0.05, 0.1) is 12.6 Å². The van der Waals surface area contributed by atoms with Crippen molar-refractivity contribution < 1.29 is 9.50 Å². The van der Waals surface area contributed by atoms with Gasteiger partial charge in [-0.25, -0.2) is 4.39 Å². The Morgan fingerprint density at radius 3 is 2.72 bits per heavy atom. The molecule has 1 aliphatic heterocycles. The van der Waals surface area contributed by atoms with Gasteiger partial charge in [0.25, 0.3) is 0 Å². The van der Waals surface area contributed by atoms with E-state index < -0.39 is 0 Å². The summed E-state index contributed by atoms with van der Waals surface area (Å²) in [5.74, 6) is 2.51. The predicted molar refractivity (Wildman–Crippen MR) is 90.4 cm³/mol. The van der Waals surface area contributed by atoms with Crippen molar-refractivity contribution in [3.63, 3.8) is 0 Å². The summed E-state index contributed by atoms with van der Waals surface area (Å²) >= 11 is 0. The number of rotatable bonds is 5. The van der Waals surface area contributed by atoms with E-state index in [2.05, 4.69) is 19.7 Å². The Labute approximate surface area is 146 Å². The second-order valence-corrected chi connectivity index (χ2v) is 7.74. The van der Waals surface area contributed by atoms with Gasteiger partial charge in [0.1, 0.15) is 17.5 Å². The highest BCUT2D eigenvalue weighted by atomic mass is 19.1. The molecule has 6 heteroatoms. The average Bonchev–Trinajstić information content (AvgIpc) is 3.52. The van der Waals surface area contributed by atoms with E-state index in [0.29, 0.717) is 31.5 Å². The lowest BCUT2D eigenvalue weighted by Crippen LogP contribution is -2.26. The van der Waals surface area contributed by atoms with Crippen LogP contribution in [0, 0.1) is 5.82 Å². The maximum Gasteiger partial charge on any atom is 0.147 e. The SMILES string of the molecule is O[C@@H]1C[C@H](c2cccc(F)c2)N(Cc2nnc(C3CC3)n2C2CC2)C1. The number of hydrogen-bond acceptors (Lipinski definition) is 4. The first-order chi connectivity index (χ1) is 12.2. The van der Waals surface area contributed by atoms with E-state index in [1.165, 1.54) is 31.7 Å². The molecule has 2 atom stereocenters. The molecule has 2 aliphatic carbocycles. The number of β-amino-alcohol motifs (C(OH)–C–C–N with tert-alkyl or cyclic N) is 1. The van der Waals surface area contributed by atoms with Crippen LogP contribution >= 0.6 is 0 Å². The molecule has 0 radical (unpaired) electrons. The molecule has 0 amide bonds. The standard InChI is InChI=1S/C19H23FN4O/c20-14-3-1-2-13(8-14)17-9-16(25)10-23(17)11-18-21-22-19(12-4-5-12)24(18)15-6-7-15/h1-3,8,12,15-17,25H,4-7,9-11H2/t16-,17-/m1/s1. The van der Waals surface area contributed by atoms with Crippen LogP contribution in [-0.4, -0.2) is 37.4 Å². The van der Waals surface area contributed by atoms with Crippen LogP contribution in [0.2, 0.25) is 0 Å². The Kier molecular flexibility index (Phi) is 3.64. The van der Waals surface area contributed by atoms with Gasteiger partial charge in [-0.15, -0.1) is 10.2 Å². The van der Waals surface area contributed by atoms with E-state index in [1.54, 1.807) is 12.1 Å². The number of nitrogens with zero attached hydrogens (tertiary/aromatic N) is 4. The Hall–Kier alpha value is -1.79. The third-order valence-electron chi connectivity index (χ3n) is 5.61. The number of aromatic nitrogens is 3. The fraction of sp³-hybridized carbons (Fsp3) is 0.579. The van der Waals surface area contributed by atoms with Gasteiger partial charge < -0.3 is 9.67 Å². The third kappa shape index (κ3) is 2.98. The zero-order valence-corrected chi connectivity index (χ0v) is 14.2. The summed E-state index contributed by atoms with van der Waals surface area (Å²) in [5.41, 5.74) is 0.927. The van der Waals surface area contributed by atoms with Crippen LogP contribution in [0.25, 0.3) is 0 Å². The zero-order chi connectivity index (χ0) is 17.0. The number of hydrogen-bond donors (Lipinski definition) is 1. The first-order valence-corrected chi connectivity index (χ1v) is 9.30. The summed E-state index contributed by atoms with van der Waals surface area (Å²) in [7, 11) is 0. The minimum atomic E-state index is -0.381. The molecule has 0 spiro atoms. The summed E-state index contributed by atoms with van der Waals surface area (Å²) in [6.45, 7) is 1.26. The fourth-order valence-electron chi connectivity index (χ4n) is 4.09.